The van der Waals surface area contributed by atoms with Gasteiger partial charge < -0.3 is 4.74 Å². The zero-order valence-corrected chi connectivity index (χ0v) is 12.8. The molecule has 0 aliphatic carbocycles. The molecule has 0 aliphatic heterocycles. The van der Waals surface area contributed by atoms with Crippen LogP contribution in [-0.4, -0.2) is 15.4 Å². The van der Waals surface area contributed by atoms with Crippen molar-refractivity contribution in [2.24, 2.45) is 0 Å². The number of hydrogen-bond acceptors (Lipinski definition) is 5. The molecule has 0 fully saturated rings. The molecule has 0 unspecified atom stereocenters. The monoisotopic (exact) mass is 314 g/mol. The number of pyridine rings is 1. The summed E-state index contributed by atoms with van der Waals surface area (Å²) >= 11 is 1.51. The van der Waals surface area contributed by atoms with E-state index in [-0.39, 0.29) is 24.6 Å². The average molecular weight is 314 g/mol. The molecule has 0 amide bonds. The van der Waals surface area contributed by atoms with Gasteiger partial charge in [0.1, 0.15) is 12.3 Å². The number of nitrogens with zero attached hydrogens (tertiary/aromatic N) is 2. The van der Waals surface area contributed by atoms with Crippen LogP contribution in [0.15, 0.2) is 46.7 Å². The summed E-state index contributed by atoms with van der Waals surface area (Å²) in [4.78, 5) is 29.1. The minimum Gasteiger partial charge on any atom is -0.459 e. The third-order valence-electron chi connectivity index (χ3n) is 3.14. The maximum atomic E-state index is 12.0. The van der Waals surface area contributed by atoms with E-state index < -0.39 is 0 Å². The van der Waals surface area contributed by atoms with Gasteiger partial charge in [-0.2, -0.15) is 0 Å². The van der Waals surface area contributed by atoms with E-state index in [9.17, 15) is 9.59 Å². The number of esters is 1. The van der Waals surface area contributed by atoms with Gasteiger partial charge in [-0.15, -0.1) is 11.3 Å². The Bertz CT molecular complexity index is 869. The van der Waals surface area contributed by atoms with Crippen LogP contribution in [0.3, 0.4) is 0 Å². The van der Waals surface area contributed by atoms with Gasteiger partial charge in [-0.3, -0.25) is 14.0 Å². The molecule has 6 heteroatoms. The van der Waals surface area contributed by atoms with E-state index in [1.807, 2.05) is 30.5 Å². The topological polar surface area (TPSA) is 60.7 Å². The molecular formula is C16H14N2O3S. The molecule has 0 aromatic carbocycles. The van der Waals surface area contributed by atoms with Crippen LogP contribution in [0.4, 0.5) is 0 Å². The Labute approximate surface area is 130 Å². The molecular weight excluding hydrogens is 300 g/mol. The summed E-state index contributed by atoms with van der Waals surface area (Å²) in [5, 5.41) is 1.91. The fourth-order valence-corrected chi connectivity index (χ4v) is 2.78. The molecule has 0 saturated carbocycles. The van der Waals surface area contributed by atoms with Gasteiger partial charge >= 0.3 is 5.97 Å². The van der Waals surface area contributed by atoms with Gasteiger partial charge in [0.25, 0.3) is 5.56 Å². The summed E-state index contributed by atoms with van der Waals surface area (Å²) in [5.41, 5.74) is 1.79. The van der Waals surface area contributed by atoms with E-state index in [0.717, 1.165) is 10.4 Å². The van der Waals surface area contributed by atoms with Crippen LogP contribution in [0.25, 0.3) is 5.65 Å². The molecule has 3 aromatic heterocycles. The standard InChI is InChI=1S/C16H14N2O3S/c1-11-4-5-14-17-12(7-15(19)18(14)9-11)10-21-16(20)8-13-3-2-6-22-13/h2-7,9H,8,10H2,1H3. The van der Waals surface area contributed by atoms with Crippen LogP contribution in [0.1, 0.15) is 16.1 Å². The molecule has 112 valence electrons. The van der Waals surface area contributed by atoms with E-state index in [1.165, 1.54) is 21.8 Å². The van der Waals surface area contributed by atoms with Gasteiger partial charge in [0.2, 0.25) is 0 Å². The van der Waals surface area contributed by atoms with Crippen molar-refractivity contribution >= 4 is 23.0 Å². The van der Waals surface area contributed by atoms with E-state index in [0.29, 0.717) is 11.3 Å². The Morgan fingerprint density at radius 3 is 3.00 bits per heavy atom. The van der Waals surface area contributed by atoms with Crippen molar-refractivity contribution in [3.05, 3.63) is 68.4 Å². The van der Waals surface area contributed by atoms with Crippen molar-refractivity contribution < 1.29 is 9.53 Å². The lowest BCUT2D eigenvalue weighted by molar-refractivity contribution is -0.144. The zero-order valence-electron chi connectivity index (χ0n) is 12.0. The zero-order chi connectivity index (χ0) is 15.5. The highest BCUT2D eigenvalue weighted by Crippen LogP contribution is 2.10. The number of ether oxygens (including phenoxy) is 1. The summed E-state index contributed by atoms with van der Waals surface area (Å²) in [6.07, 6.45) is 1.97. The van der Waals surface area contributed by atoms with Crippen molar-refractivity contribution in [1.29, 1.82) is 0 Å². The van der Waals surface area contributed by atoms with Crippen molar-refractivity contribution in [1.82, 2.24) is 9.38 Å². The SMILES string of the molecule is Cc1ccc2nc(COC(=O)Cc3cccs3)cc(=O)n2c1. The van der Waals surface area contributed by atoms with Crippen molar-refractivity contribution in [3.63, 3.8) is 0 Å². The Balaban J connectivity index is 1.73. The molecule has 0 N–H and O–H groups in total. The fourth-order valence-electron chi connectivity index (χ4n) is 2.09. The van der Waals surface area contributed by atoms with Crippen LogP contribution in [0.5, 0.6) is 0 Å². The van der Waals surface area contributed by atoms with Crippen LogP contribution in [0.2, 0.25) is 0 Å². The summed E-state index contributed by atoms with van der Waals surface area (Å²) in [5.74, 6) is -0.326. The van der Waals surface area contributed by atoms with Gasteiger partial charge in [0, 0.05) is 17.1 Å². The molecule has 0 bridgehead atoms. The minimum absolute atomic E-state index is 0.00379. The second-order valence-electron chi connectivity index (χ2n) is 4.94. The molecule has 0 saturated heterocycles. The van der Waals surface area contributed by atoms with E-state index in [2.05, 4.69) is 4.98 Å². The smallest absolute Gasteiger partial charge is 0.311 e. The molecule has 0 spiro atoms. The van der Waals surface area contributed by atoms with Crippen LogP contribution >= 0.6 is 11.3 Å². The van der Waals surface area contributed by atoms with Crippen molar-refractivity contribution in [2.45, 2.75) is 20.0 Å². The van der Waals surface area contributed by atoms with E-state index in [1.54, 1.807) is 12.3 Å². The predicted octanol–water partition coefficient (Wildman–Crippen LogP) is 2.35. The Morgan fingerprint density at radius 1 is 1.36 bits per heavy atom. The number of carbonyl (C=O) groups is 1. The number of rotatable bonds is 4. The molecule has 3 rings (SSSR count). The van der Waals surface area contributed by atoms with Crippen LogP contribution < -0.4 is 5.56 Å². The quantitative estimate of drug-likeness (QED) is 0.694. The first-order valence-electron chi connectivity index (χ1n) is 6.79. The van der Waals surface area contributed by atoms with Crippen molar-refractivity contribution in [2.75, 3.05) is 0 Å². The van der Waals surface area contributed by atoms with Gasteiger partial charge in [0.15, 0.2) is 0 Å². The largest absolute Gasteiger partial charge is 0.459 e. The lowest BCUT2D eigenvalue weighted by Gasteiger charge is -2.06. The normalized spacial score (nSPS) is 10.8. The second-order valence-corrected chi connectivity index (χ2v) is 5.97. The van der Waals surface area contributed by atoms with Crippen LogP contribution in [0, 0.1) is 6.92 Å². The Kier molecular flexibility index (Phi) is 4.02. The second kappa shape index (κ2) is 6.11. The summed E-state index contributed by atoms with van der Waals surface area (Å²) < 4.78 is 6.66. The maximum Gasteiger partial charge on any atom is 0.311 e. The van der Waals surface area contributed by atoms with Crippen LogP contribution in [-0.2, 0) is 22.6 Å². The molecule has 3 heterocycles. The lowest BCUT2D eigenvalue weighted by Crippen LogP contribution is -2.17. The summed E-state index contributed by atoms with van der Waals surface area (Å²) in [6, 6.07) is 8.82. The minimum atomic E-state index is -0.326. The highest BCUT2D eigenvalue weighted by Gasteiger charge is 2.08. The van der Waals surface area contributed by atoms with Gasteiger partial charge in [-0.25, -0.2) is 4.98 Å². The number of thiophene rings is 1. The predicted molar refractivity (Wildman–Crippen MR) is 84.0 cm³/mol. The fraction of sp³-hybridized carbons (Fsp3) is 0.188. The van der Waals surface area contributed by atoms with Gasteiger partial charge in [-0.1, -0.05) is 12.1 Å². The molecule has 0 atom stereocenters. The lowest BCUT2D eigenvalue weighted by atomic mass is 10.3. The number of carbonyl (C=O) groups excluding carboxylic acids is 1. The van der Waals surface area contributed by atoms with E-state index >= 15 is 0 Å². The first-order chi connectivity index (χ1) is 10.6. The van der Waals surface area contributed by atoms with E-state index in [4.69, 9.17) is 4.74 Å². The van der Waals surface area contributed by atoms with Gasteiger partial charge in [-0.05, 0) is 30.0 Å². The maximum absolute atomic E-state index is 12.0. The third kappa shape index (κ3) is 3.23. The highest BCUT2D eigenvalue weighted by molar-refractivity contribution is 7.10. The molecule has 0 aliphatic rings. The number of aromatic nitrogens is 2. The Hall–Kier alpha value is -2.47. The number of aryl methyl sites for hydroxylation is 1. The van der Waals surface area contributed by atoms with Gasteiger partial charge in [0.05, 0.1) is 12.1 Å². The average Bonchev–Trinajstić information content (AvgIpc) is 2.99. The number of hydrogen-bond donors (Lipinski definition) is 0. The molecule has 0 radical (unpaired) electrons. The summed E-state index contributed by atoms with van der Waals surface area (Å²) in [6.45, 7) is 1.91. The number of fused-ring (bicyclic) bond motifs is 1. The van der Waals surface area contributed by atoms with Crippen molar-refractivity contribution in [3.8, 4) is 0 Å². The molecule has 3 aromatic rings. The third-order valence-corrected chi connectivity index (χ3v) is 4.02. The highest BCUT2D eigenvalue weighted by atomic mass is 32.1. The molecule has 22 heavy (non-hydrogen) atoms. The first kappa shape index (κ1) is 14.5. The summed E-state index contributed by atoms with van der Waals surface area (Å²) in [7, 11) is 0. The Morgan fingerprint density at radius 2 is 2.23 bits per heavy atom. The first-order valence-corrected chi connectivity index (χ1v) is 7.67. The molecule has 5 nitrogen and oxygen atoms in total.